The number of para-hydroxylation sites is 1. The minimum absolute atomic E-state index is 0.0284. The molecule has 1 amide bonds. The number of hydrogen-bond donors (Lipinski definition) is 2. The summed E-state index contributed by atoms with van der Waals surface area (Å²) in [5.41, 5.74) is 0.979. The third-order valence-electron chi connectivity index (χ3n) is 5.46. The third kappa shape index (κ3) is 4.36. The van der Waals surface area contributed by atoms with Gasteiger partial charge in [0.1, 0.15) is 0 Å². The van der Waals surface area contributed by atoms with E-state index in [9.17, 15) is 9.59 Å². The van der Waals surface area contributed by atoms with Crippen molar-refractivity contribution in [2.75, 3.05) is 31.6 Å². The first kappa shape index (κ1) is 18.7. The Morgan fingerprint density at radius 1 is 1.15 bits per heavy atom. The highest BCUT2D eigenvalue weighted by atomic mass is 16.5. The van der Waals surface area contributed by atoms with E-state index in [0.29, 0.717) is 29.8 Å². The van der Waals surface area contributed by atoms with E-state index in [0.717, 1.165) is 19.4 Å². The number of hydrogen-bond acceptors (Lipinski definition) is 5. The molecule has 2 aliphatic rings. The Kier molecular flexibility index (Phi) is 6.50. The molecule has 2 atom stereocenters. The van der Waals surface area contributed by atoms with Crippen LogP contribution in [0.1, 0.15) is 48.9 Å². The number of ether oxygens (including phenoxy) is 1. The molecule has 6 nitrogen and oxygen atoms in total. The van der Waals surface area contributed by atoms with Crippen molar-refractivity contribution >= 4 is 17.6 Å². The number of amides is 1. The third-order valence-corrected chi connectivity index (χ3v) is 5.46. The molecule has 2 N–H and O–H groups in total. The number of carbonyl (C=O) groups excluding carboxylic acids is 2. The van der Waals surface area contributed by atoms with Crippen LogP contribution in [0, 0.1) is 5.92 Å². The molecule has 1 heterocycles. The van der Waals surface area contributed by atoms with E-state index >= 15 is 0 Å². The molecule has 2 fully saturated rings. The molecule has 1 saturated heterocycles. The summed E-state index contributed by atoms with van der Waals surface area (Å²) in [6.45, 7) is 0.877. The van der Waals surface area contributed by atoms with Crippen LogP contribution in [0.4, 0.5) is 5.69 Å². The van der Waals surface area contributed by atoms with Crippen LogP contribution in [-0.4, -0.2) is 54.2 Å². The maximum atomic E-state index is 12.6. The lowest BCUT2D eigenvalue weighted by molar-refractivity contribution is -0.140. The Morgan fingerprint density at radius 2 is 1.92 bits per heavy atom. The number of likely N-dealkylation sites (tertiary alicyclic amines) is 1. The molecule has 3 rings (SSSR count). The summed E-state index contributed by atoms with van der Waals surface area (Å²) in [5.74, 6) is 0.00732. The summed E-state index contributed by atoms with van der Waals surface area (Å²) in [5, 5.41) is 11.9. The number of nitrogens with zero attached hydrogens (tertiary/aromatic N) is 1. The molecule has 26 heavy (non-hydrogen) atoms. The average molecular weight is 360 g/mol. The number of esters is 1. The van der Waals surface area contributed by atoms with Crippen LogP contribution >= 0.6 is 0 Å². The summed E-state index contributed by atoms with van der Waals surface area (Å²) >= 11 is 0. The van der Waals surface area contributed by atoms with E-state index in [1.165, 1.54) is 25.7 Å². The molecule has 1 aromatic rings. The summed E-state index contributed by atoms with van der Waals surface area (Å²) in [6, 6.07) is 7.29. The van der Waals surface area contributed by atoms with E-state index in [1.807, 2.05) is 4.90 Å². The van der Waals surface area contributed by atoms with Gasteiger partial charge in [0, 0.05) is 24.8 Å². The average Bonchev–Trinajstić information content (AvgIpc) is 2.70. The lowest BCUT2D eigenvalue weighted by Gasteiger charge is -2.44. The van der Waals surface area contributed by atoms with E-state index in [4.69, 9.17) is 9.84 Å². The fraction of sp³-hybridized carbons (Fsp3) is 0.600. The lowest BCUT2D eigenvalue weighted by Crippen LogP contribution is -2.50. The van der Waals surface area contributed by atoms with Gasteiger partial charge in [0.2, 0.25) is 0 Å². The largest absolute Gasteiger partial charge is 0.452 e. The smallest absolute Gasteiger partial charge is 0.340 e. The van der Waals surface area contributed by atoms with Gasteiger partial charge < -0.3 is 20.1 Å². The number of nitrogens with one attached hydrogen (secondary N) is 1. The normalized spacial score (nSPS) is 22.4. The van der Waals surface area contributed by atoms with Gasteiger partial charge in [-0.2, -0.15) is 0 Å². The van der Waals surface area contributed by atoms with Gasteiger partial charge in [0.25, 0.3) is 5.91 Å². The van der Waals surface area contributed by atoms with Gasteiger partial charge >= 0.3 is 5.97 Å². The summed E-state index contributed by atoms with van der Waals surface area (Å²) in [7, 11) is 0. The van der Waals surface area contributed by atoms with Crippen molar-refractivity contribution in [1.29, 1.82) is 0 Å². The highest BCUT2D eigenvalue weighted by Crippen LogP contribution is 2.35. The Hall–Kier alpha value is -2.08. The van der Waals surface area contributed by atoms with Crippen molar-refractivity contribution in [2.45, 2.75) is 44.6 Å². The Balaban J connectivity index is 1.58. The first-order chi connectivity index (χ1) is 12.7. The van der Waals surface area contributed by atoms with Crippen molar-refractivity contribution in [3.63, 3.8) is 0 Å². The second-order valence-electron chi connectivity index (χ2n) is 7.11. The summed E-state index contributed by atoms with van der Waals surface area (Å²) in [4.78, 5) is 27.0. The highest BCUT2D eigenvalue weighted by Gasteiger charge is 2.35. The second-order valence-corrected chi connectivity index (χ2v) is 7.11. The first-order valence-corrected chi connectivity index (χ1v) is 9.61. The molecular formula is C20H28N2O4. The second kappa shape index (κ2) is 9.03. The Bertz CT molecular complexity index is 632. The molecule has 142 valence electrons. The van der Waals surface area contributed by atoms with Gasteiger partial charge in [-0.05, 0) is 43.7 Å². The highest BCUT2D eigenvalue weighted by molar-refractivity contribution is 5.96. The number of aliphatic hydroxyl groups excluding tert-OH is 1. The fourth-order valence-electron chi connectivity index (χ4n) is 4.23. The fourth-order valence-corrected chi connectivity index (χ4v) is 4.23. The molecule has 1 aliphatic carbocycles. The molecular weight excluding hydrogens is 332 g/mol. The molecule has 1 aliphatic heterocycles. The Labute approximate surface area is 154 Å². The van der Waals surface area contributed by atoms with Crippen LogP contribution in [0.2, 0.25) is 0 Å². The first-order valence-electron chi connectivity index (χ1n) is 9.61. The predicted octanol–water partition coefficient (Wildman–Crippen LogP) is 2.43. The van der Waals surface area contributed by atoms with E-state index in [2.05, 4.69) is 5.32 Å². The van der Waals surface area contributed by atoms with Crippen molar-refractivity contribution < 1.29 is 19.4 Å². The maximum Gasteiger partial charge on any atom is 0.340 e. The molecule has 1 saturated carbocycles. The molecule has 0 spiro atoms. The van der Waals surface area contributed by atoms with Crippen molar-refractivity contribution in [3.05, 3.63) is 29.8 Å². The number of benzene rings is 1. The number of carbonyl (C=O) groups is 2. The number of aliphatic hydroxyl groups is 1. The monoisotopic (exact) mass is 360 g/mol. The number of rotatable bonds is 6. The van der Waals surface area contributed by atoms with Crippen LogP contribution in [-0.2, 0) is 9.53 Å². The van der Waals surface area contributed by atoms with Gasteiger partial charge in [-0.3, -0.25) is 4.79 Å². The molecule has 6 heteroatoms. The van der Waals surface area contributed by atoms with Crippen LogP contribution in [0.3, 0.4) is 0 Å². The van der Waals surface area contributed by atoms with Crippen LogP contribution in [0.15, 0.2) is 24.3 Å². The van der Waals surface area contributed by atoms with Gasteiger partial charge in [0.15, 0.2) is 6.61 Å². The van der Waals surface area contributed by atoms with Crippen LogP contribution < -0.4 is 5.32 Å². The van der Waals surface area contributed by atoms with Gasteiger partial charge in [-0.1, -0.05) is 25.0 Å². The maximum absolute atomic E-state index is 12.6. The van der Waals surface area contributed by atoms with Crippen LogP contribution in [0.25, 0.3) is 0 Å². The number of fused-ring (bicyclic) bond motifs is 1. The zero-order valence-electron chi connectivity index (χ0n) is 15.2. The van der Waals surface area contributed by atoms with Gasteiger partial charge in [0.05, 0.1) is 12.2 Å². The molecule has 0 aromatic heterocycles. The molecule has 1 aromatic carbocycles. The summed E-state index contributed by atoms with van der Waals surface area (Å²) in [6.07, 6.45) is 6.95. The zero-order chi connectivity index (χ0) is 18.4. The quantitative estimate of drug-likeness (QED) is 0.762. The molecule has 0 radical (unpaired) electrons. The zero-order valence-corrected chi connectivity index (χ0v) is 15.2. The SMILES string of the molecule is O=C(OCC(=O)N1CCC[C@H]2CCCC[C@H]21)c1ccccc1NCCO. The molecule has 0 bridgehead atoms. The van der Waals surface area contributed by atoms with Crippen molar-refractivity contribution in [1.82, 2.24) is 4.90 Å². The molecule has 0 unspecified atom stereocenters. The minimum Gasteiger partial charge on any atom is -0.452 e. The standard InChI is InChI=1S/C20H28N2O4/c23-13-11-21-17-9-3-2-8-16(17)20(25)26-14-19(24)22-12-5-7-15-6-1-4-10-18(15)22/h2-3,8-9,15,18,21,23H,1,4-7,10-14H2/t15-,18-/m1/s1. The van der Waals surface area contributed by atoms with Crippen molar-refractivity contribution in [2.24, 2.45) is 5.92 Å². The Morgan fingerprint density at radius 3 is 2.77 bits per heavy atom. The van der Waals surface area contributed by atoms with E-state index in [-0.39, 0.29) is 19.1 Å². The topological polar surface area (TPSA) is 78.9 Å². The van der Waals surface area contributed by atoms with Crippen LogP contribution in [0.5, 0.6) is 0 Å². The minimum atomic E-state index is -0.517. The predicted molar refractivity (Wildman–Crippen MR) is 99.0 cm³/mol. The number of piperidine rings is 1. The summed E-state index contributed by atoms with van der Waals surface area (Å²) < 4.78 is 5.31. The number of anilines is 1. The van der Waals surface area contributed by atoms with Gasteiger partial charge in [-0.25, -0.2) is 4.79 Å². The van der Waals surface area contributed by atoms with E-state index in [1.54, 1.807) is 24.3 Å². The van der Waals surface area contributed by atoms with E-state index < -0.39 is 5.97 Å². The van der Waals surface area contributed by atoms with Gasteiger partial charge in [-0.15, -0.1) is 0 Å². The van der Waals surface area contributed by atoms with Crippen molar-refractivity contribution in [3.8, 4) is 0 Å². The lowest BCUT2D eigenvalue weighted by atomic mass is 9.78.